The fraction of sp³-hybridized carbons (Fsp3) is 0.455. The molecule has 2 aromatic heterocycles. The third-order valence-corrected chi connectivity index (χ3v) is 3.06. The van der Waals surface area contributed by atoms with Gasteiger partial charge in [0.25, 0.3) is 0 Å². The highest BCUT2D eigenvalue weighted by Crippen LogP contribution is 2.14. The maximum Gasteiger partial charge on any atom is 0.203 e. The number of aryl methyl sites for hydroxylation is 1. The van der Waals surface area contributed by atoms with E-state index in [2.05, 4.69) is 39.1 Å². The predicted molar refractivity (Wildman–Crippen MR) is 66.9 cm³/mol. The van der Waals surface area contributed by atoms with Crippen LogP contribution in [-0.4, -0.2) is 20.6 Å². The lowest BCUT2D eigenvalue weighted by Gasteiger charge is -2.10. The summed E-state index contributed by atoms with van der Waals surface area (Å²) in [5.74, 6) is 0.905. The van der Waals surface area contributed by atoms with E-state index in [1.165, 1.54) is 0 Å². The van der Waals surface area contributed by atoms with Gasteiger partial charge in [-0.2, -0.15) is 0 Å². The van der Waals surface area contributed by atoms with E-state index in [9.17, 15) is 0 Å². The second-order valence-electron chi connectivity index (χ2n) is 4.06. The van der Waals surface area contributed by atoms with E-state index in [4.69, 9.17) is 0 Å². The number of hydrogen-bond donors (Lipinski definition) is 1. The summed E-state index contributed by atoms with van der Waals surface area (Å²) in [6.45, 7) is 7.01. The molecular formula is C11H16N4S. The van der Waals surface area contributed by atoms with Gasteiger partial charge in [0.1, 0.15) is 5.01 Å². The molecule has 2 heterocycles. The van der Waals surface area contributed by atoms with Gasteiger partial charge in [0.2, 0.25) is 5.95 Å². The Labute approximate surface area is 99.4 Å². The van der Waals surface area contributed by atoms with Crippen LogP contribution in [0.15, 0.2) is 17.8 Å². The zero-order valence-corrected chi connectivity index (χ0v) is 10.6. The molecular weight excluding hydrogens is 220 g/mol. The fourth-order valence-corrected chi connectivity index (χ4v) is 2.23. The molecule has 0 fully saturated rings. The van der Waals surface area contributed by atoms with Crippen molar-refractivity contribution in [3.8, 4) is 0 Å². The Morgan fingerprint density at radius 2 is 2.31 bits per heavy atom. The van der Waals surface area contributed by atoms with Crippen LogP contribution in [0.25, 0.3) is 0 Å². The van der Waals surface area contributed by atoms with E-state index in [1.807, 2.05) is 19.3 Å². The molecule has 0 unspecified atom stereocenters. The van der Waals surface area contributed by atoms with E-state index in [1.54, 1.807) is 11.3 Å². The second-order valence-corrected chi connectivity index (χ2v) is 5.00. The van der Waals surface area contributed by atoms with Crippen molar-refractivity contribution in [2.24, 2.45) is 0 Å². The Hall–Kier alpha value is -1.36. The summed E-state index contributed by atoms with van der Waals surface area (Å²) >= 11 is 1.69. The molecule has 16 heavy (non-hydrogen) atoms. The molecule has 0 aliphatic carbocycles. The molecule has 4 nitrogen and oxygen atoms in total. The molecule has 5 heteroatoms. The SMILES string of the molecule is Cc1csc(Cn2ccnc2NC(C)C)n1. The smallest absolute Gasteiger partial charge is 0.203 e. The minimum atomic E-state index is 0.388. The number of thiazole rings is 1. The van der Waals surface area contributed by atoms with E-state index in [-0.39, 0.29) is 0 Å². The van der Waals surface area contributed by atoms with Crippen molar-refractivity contribution < 1.29 is 0 Å². The molecule has 0 aromatic carbocycles. The van der Waals surface area contributed by atoms with Gasteiger partial charge in [-0.15, -0.1) is 11.3 Å². The summed E-state index contributed by atoms with van der Waals surface area (Å²) in [6, 6.07) is 0.388. The monoisotopic (exact) mass is 236 g/mol. The summed E-state index contributed by atoms with van der Waals surface area (Å²) in [4.78, 5) is 8.74. The average Bonchev–Trinajstić information content (AvgIpc) is 2.77. The van der Waals surface area contributed by atoms with Crippen LogP contribution in [0.4, 0.5) is 5.95 Å². The molecule has 0 saturated heterocycles. The van der Waals surface area contributed by atoms with Crippen LogP contribution in [0, 0.1) is 6.92 Å². The largest absolute Gasteiger partial charge is 0.353 e. The summed E-state index contributed by atoms with van der Waals surface area (Å²) in [6.07, 6.45) is 3.78. The number of nitrogens with one attached hydrogen (secondary N) is 1. The van der Waals surface area contributed by atoms with Gasteiger partial charge in [0.05, 0.1) is 6.54 Å². The van der Waals surface area contributed by atoms with E-state index in [0.29, 0.717) is 6.04 Å². The molecule has 0 aliphatic rings. The van der Waals surface area contributed by atoms with Crippen LogP contribution < -0.4 is 5.32 Å². The Morgan fingerprint density at radius 3 is 2.94 bits per heavy atom. The minimum Gasteiger partial charge on any atom is -0.353 e. The third-order valence-electron chi connectivity index (χ3n) is 2.11. The normalized spacial score (nSPS) is 11.0. The van der Waals surface area contributed by atoms with E-state index in [0.717, 1.165) is 23.2 Å². The first-order valence-corrected chi connectivity index (χ1v) is 6.22. The Balaban J connectivity index is 2.12. The van der Waals surface area contributed by atoms with Crippen molar-refractivity contribution >= 4 is 17.3 Å². The summed E-state index contributed by atoms with van der Waals surface area (Å²) in [5, 5.41) is 6.49. The highest BCUT2D eigenvalue weighted by molar-refractivity contribution is 7.09. The maximum atomic E-state index is 4.45. The Morgan fingerprint density at radius 1 is 1.50 bits per heavy atom. The highest BCUT2D eigenvalue weighted by atomic mass is 32.1. The molecule has 0 aliphatic heterocycles. The zero-order chi connectivity index (χ0) is 11.5. The van der Waals surface area contributed by atoms with E-state index < -0.39 is 0 Å². The van der Waals surface area contributed by atoms with Crippen LogP contribution in [0.3, 0.4) is 0 Å². The van der Waals surface area contributed by atoms with Crippen LogP contribution >= 0.6 is 11.3 Å². The van der Waals surface area contributed by atoms with E-state index >= 15 is 0 Å². The molecule has 0 saturated carbocycles. The maximum absolute atomic E-state index is 4.45. The summed E-state index contributed by atoms with van der Waals surface area (Å²) < 4.78 is 2.08. The number of rotatable bonds is 4. The Bertz CT molecular complexity index is 458. The van der Waals surface area contributed by atoms with Crippen molar-refractivity contribution in [2.45, 2.75) is 33.4 Å². The first-order chi connectivity index (χ1) is 7.65. The molecule has 0 atom stereocenters. The van der Waals surface area contributed by atoms with Crippen LogP contribution in [0.1, 0.15) is 24.5 Å². The van der Waals surface area contributed by atoms with Crippen molar-refractivity contribution in [3.05, 3.63) is 28.5 Å². The molecule has 1 N–H and O–H groups in total. The quantitative estimate of drug-likeness (QED) is 0.887. The molecule has 2 rings (SSSR count). The number of hydrogen-bond acceptors (Lipinski definition) is 4. The molecule has 0 radical (unpaired) electrons. The number of aromatic nitrogens is 3. The fourth-order valence-electron chi connectivity index (χ4n) is 1.46. The molecule has 0 amide bonds. The molecule has 0 bridgehead atoms. The van der Waals surface area contributed by atoms with Gasteiger partial charge in [-0.25, -0.2) is 9.97 Å². The number of anilines is 1. The van der Waals surface area contributed by atoms with Crippen LogP contribution in [-0.2, 0) is 6.54 Å². The number of imidazole rings is 1. The van der Waals surface area contributed by atoms with Gasteiger partial charge in [-0.3, -0.25) is 0 Å². The predicted octanol–water partition coefficient (Wildman–Crippen LogP) is 2.52. The third kappa shape index (κ3) is 2.61. The summed E-state index contributed by atoms with van der Waals surface area (Å²) in [5.41, 5.74) is 1.08. The first-order valence-electron chi connectivity index (χ1n) is 5.34. The van der Waals surface area contributed by atoms with Crippen LogP contribution in [0.5, 0.6) is 0 Å². The van der Waals surface area contributed by atoms with Crippen molar-refractivity contribution in [2.75, 3.05) is 5.32 Å². The lowest BCUT2D eigenvalue weighted by molar-refractivity contribution is 0.768. The molecule has 86 valence electrons. The lowest BCUT2D eigenvalue weighted by atomic mass is 10.4. The standard InChI is InChI=1S/C11H16N4S/c1-8(2)13-11-12-4-5-15(11)6-10-14-9(3)7-16-10/h4-5,7-8H,6H2,1-3H3,(H,12,13). The lowest BCUT2D eigenvalue weighted by Crippen LogP contribution is -2.14. The van der Waals surface area contributed by atoms with Gasteiger partial charge in [0, 0.05) is 29.5 Å². The van der Waals surface area contributed by atoms with Crippen molar-refractivity contribution in [1.29, 1.82) is 0 Å². The number of nitrogens with zero attached hydrogens (tertiary/aromatic N) is 3. The van der Waals surface area contributed by atoms with Crippen molar-refractivity contribution in [1.82, 2.24) is 14.5 Å². The van der Waals surface area contributed by atoms with Gasteiger partial charge in [-0.05, 0) is 20.8 Å². The van der Waals surface area contributed by atoms with Gasteiger partial charge < -0.3 is 9.88 Å². The second kappa shape index (κ2) is 4.65. The Kier molecular flexibility index (Phi) is 3.24. The van der Waals surface area contributed by atoms with Gasteiger partial charge >= 0.3 is 0 Å². The minimum absolute atomic E-state index is 0.388. The summed E-state index contributed by atoms with van der Waals surface area (Å²) in [7, 11) is 0. The molecule has 2 aromatic rings. The van der Waals surface area contributed by atoms with Crippen molar-refractivity contribution in [3.63, 3.8) is 0 Å². The van der Waals surface area contributed by atoms with Gasteiger partial charge in [-0.1, -0.05) is 0 Å². The average molecular weight is 236 g/mol. The molecule has 0 spiro atoms. The first kappa shape index (κ1) is 11.1. The zero-order valence-electron chi connectivity index (χ0n) is 9.77. The van der Waals surface area contributed by atoms with Crippen LogP contribution in [0.2, 0.25) is 0 Å². The highest BCUT2D eigenvalue weighted by Gasteiger charge is 2.06. The van der Waals surface area contributed by atoms with Gasteiger partial charge in [0.15, 0.2) is 0 Å². The topological polar surface area (TPSA) is 42.7 Å².